The van der Waals surface area contributed by atoms with Gasteiger partial charge in [0.25, 0.3) is 0 Å². The number of allylic oxidation sites excluding steroid dienone is 12. The van der Waals surface area contributed by atoms with Gasteiger partial charge in [-0.3, -0.25) is 4.79 Å². The molecule has 3 heteroatoms. The largest absolute Gasteiger partial charge is 0.343 e. The molecule has 1 heterocycles. The molecule has 1 rings (SSSR count). The van der Waals surface area contributed by atoms with Crippen molar-refractivity contribution < 1.29 is 4.79 Å². The van der Waals surface area contributed by atoms with Crippen LogP contribution in [-0.4, -0.2) is 30.4 Å². The van der Waals surface area contributed by atoms with Crippen LogP contribution >= 0.6 is 0 Å². The van der Waals surface area contributed by atoms with Crippen molar-refractivity contribution in [2.45, 2.75) is 71.1 Å². The standard InChI is InChI=1S/C28H44N2O/c1-2-3-4-5-6-7-8-9-10-11-12-13-14-15-16-17-18-19-20-21-28(31)30-24-22-27(26-29)23-25-30/h3-4,6-7,9-10,12-13,15-16,18-19,27H,2,5,8,11,14,17,20-26,29H2,1H3. The molecule has 0 atom stereocenters. The van der Waals surface area contributed by atoms with E-state index in [1.165, 1.54) is 0 Å². The van der Waals surface area contributed by atoms with Crippen molar-refractivity contribution in [3.63, 3.8) is 0 Å². The summed E-state index contributed by atoms with van der Waals surface area (Å²) in [6.45, 7) is 4.67. The molecule has 31 heavy (non-hydrogen) atoms. The Morgan fingerprint density at radius 3 is 1.58 bits per heavy atom. The average molecular weight is 425 g/mol. The van der Waals surface area contributed by atoms with Crippen LogP contribution in [0.3, 0.4) is 0 Å². The maximum atomic E-state index is 12.2. The Morgan fingerprint density at radius 1 is 0.742 bits per heavy atom. The van der Waals surface area contributed by atoms with E-state index in [1.54, 1.807) is 0 Å². The van der Waals surface area contributed by atoms with E-state index >= 15 is 0 Å². The summed E-state index contributed by atoms with van der Waals surface area (Å²) in [5.41, 5.74) is 5.71. The summed E-state index contributed by atoms with van der Waals surface area (Å²) >= 11 is 0. The highest BCUT2D eigenvalue weighted by Crippen LogP contribution is 2.16. The SMILES string of the molecule is CCC=CCC=CCC=CCC=CCC=CCC=CCCC(=O)N1CCC(CN)CC1. The predicted octanol–water partition coefficient (Wildman–Crippen LogP) is 6.66. The predicted molar refractivity (Wildman–Crippen MR) is 136 cm³/mol. The van der Waals surface area contributed by atoms with E-state index in [4.69, 9.17) is 5.73 Å². The van der Waals surface area contributed by atoms with Crippen molar-refractivity contribution in [1.29, 1.82) is 0 Å². The number of nitrogens with zero attached hydrogens (tertiary/aromatic N) is 1. The minimum atomic E-state index is 0.287. The van der Waals surface area contributed by atoms with Gasteiger partial charge in [-0.1, -0.05) is 79.8 Å². The fraction of sp³-hybridized carbons (Fsp3) is 0.536. The van der Waals surface area contributed by atoms with E-state index in [0.717, 1.165) is 77.4 Å². The summed E-state index contributed by atoms with van der Waals surface area (Å²) in [5.74, 6) is 0.891. The van der Waals surface area contributed by atoms with Crippen LogP contribution in [0.4, 0.5) is 0 Å². The maximum Gasteiger partial charge on any atom is 0.222 e. The molecular formula is C28H44N2O. The Labute approximate surface area is 191 Å². The van der Waals surface area contributed by atoms with Crippen LogP contribution in [0, 0.1) is 5.92 Å². The van der Waals surface area contributed by atoms with Gasteiger partial charge in [0, 0.05) is 19.5 Å². The maximum absolute atomic E-state index is 12.2. The lowest BCUT2D eigenvalue weighted by Crippen LogP contribution is -2.39. The highest BCUT2D eigenvalue weighted by atomic mass is 16.2. The second-order valence-corrected chi connectivity index (χ2v) is 8.01. The number of likely N-dealkylation sites (tertiary alicyclic amines) is 1. The molecule has 1 amide bonds. The first-order valence-corrected chi connectivity index (χ1v) is 12.2. The van der Waals surface area contributed by atoms with Crippen LogP contribution in [0.15, 0.2) is 72.9 Å². The van der Waals surface area contributed by atoms with Gasteiger partial charge in [-0.15, -0.1) is 0 Å². The smallest absolute Gasteiger partial charge is 0.222 e. The fourth-order valence-electron chi connectivity index (χ4n) is 3.42. The van der Waals surface area contributed by atoms with Crippen LogP contribution in [0.5, 0.6) is 0 Å². The Morgan fingerprint density at radius 2 is 1.16 bits per heavy atom. The molecule has 3 nitrogen and oxygen atoms in total. The molecule has 0 unspecified atom stereocenters. The lowest BCUT2D eigenvalue weighted by atomic mass is 9.97. The molecule has 1 saturated heterocycles. The fourth-order valence-corrected chi connectivity index (χ4v) is 3.42. The lowest BCUT2D eigenvalue weighted by Gasteiger charge is -2.31. The normalized spacial score (nSPS) is 16.5. The van der Waals surface area contributed by atoms with Gasteiger partial charge in [0.15, 0.2) is 0 Å². The summed E-state index contributed by atoms with van der Waals surface area (Å²) in [4.78, 5) is 14.2. The molecule has 0 spiro atoms. The number of hydrogen-bond donors (Lipinski definition) is 1. The Kier molecular flexibility index (Phi) is 17.2. The summed E-state index contributed by atoms with van der Waals surface area (Å²) in [6, 6.07) is 0. The third kappa shape index (κ3) is 15.3. The van der Waals surface area contributed by atoms with Crippen LogP contribution < -0.4 is 5.73 Å². The van der Waals surface area contributed by atoms with E-state index in [0.29, 0.717) is 12.3 Å². The van der Waals surface area contributed by atoms with Gasteiger partial charge in [-0.2, -0.15) is 0 Å². The third-order valence-electron chi connectivity index (χ3n) is 5.42. The highest BCUT2D eigenvalue weighted by Gasteiger charge is 2.20. The zero-order chi connectivity index (χ0) is 22.4. The van der Waals surface area contributed by atoms with Crippen molar-refractivity contribution in [1.82, 2.24) is 4.90 Å². The van der Waals surface area contributed by atoms with Gasteiger partial charge >= 0.3 is 0 Å². The van der Waals surface area contributed by atoms with E-state index in [9.17, 15) is 4.79 Å². The Hall–Kier alpha value is -2.13. The van der Waals surface area contributed by atoms with Crippen LogP contribution in [0.2, 0.25) is 0 Å². The molecule has 1 aliphatic heterocycles. The van der Waals surface area contributed by atoms with Gasteiger partial charge in [0.05, 0.1) is 0 Å². The Bertz CT molecular complexity index is 617. The van der Waals surface area contributed by atoms with Gasteiger partial charge in [0.2, 0.25) is 5.91 Å². The number of carbonyl (C=O) groups is 1. The van der Waals surface area contributed by atoms with Crippen LogP contribution in [0.25, 0.3) is 0 Å². The van der Waals surface area contributed by atoms with E-state index in [1.807, 2.05) is 4.90 Å². The number of rotatable bonds is 15. The molecule has 0 radical (unpaired) electrons. The van der Waals surface area contributed by atoms with E-state index in [2.05, 4.69) is 79.8 Å². The highest BCUT2D eigenvalue weighted by molar-refractivity contribution is 5.76. The van der Waals surface area contributed by atoms with Gasteiger partial charge in [-0.05, 0) is 70.3 Å². The lowest BCUT2D eigenvalue weighted by molar-refractivity contribution is -0.132. The molecular weight excluding hydrogens is 380 g/mol. The molecule has 2 N–H and O–H groups in total. The number of hydrogen-bond acceptors (Lipinski definition) is 2. The zero-order valence-corrected chi connectivity index (χ0v) is 19.6. The summed E-state index contributed by atoms with van der Waals surface area (Å²) < 4.78 is 0. The number of piperidine rings is 1. The first-order valence-electron chi connectivity index (χ1n) is 12.2. The molecule has 0 bridgehead atoms. The molecule has 0 aromatic carbocycles. The number of carbonyl (C=O) groups excluding carboxylic acids is 1. The molecule has 0 aliphatic carbocycles. The molecule has 1 fully saturated rings. The quantitative estimate of drug-likeness (QED) is 0.299. The van der Waals surface area contributed by atoms with Crippen LogP contribution in [0.1, 0.15) is 71.1 Å². The number of amides is 1. The van der Waals surface area contributed by atoms with Crippen molar-refractivity contribution in [2.24, 2.45) is 11.7 Å². The van der Waals surface area contributed by atoms with Gasteiger partial charge in [0.1, 0.15) is 0 Å². The monoisotopic (exact) mass is 424 g/mol. The third-order valence-corrected chi connectivity index (χ3v) is 5.42. The minimum absolute atomic E-state index is 0.287. The van der Waals surface area contributed by atoms with E-state index < -0.39 is 0 Å². The molecule has 0 aromatic heterocycles. The first kappa shape index (κ1) is 26.9. The second-order valence-electron chi connectivity index (χ2n) is 8.01. The van der Waals surface area contributed by atoms with Gasteiger partial charge in [-0.25, -0.2) is 0 Å². The van der Waals surface area contributed by atoms with Crippen molar-refractivity contribution in [3.8, 4) is 0 Å². The van der Waals surface area contributed by atoms with Crippen molar-refractivity contribution >= 4 is 5.91 Å². The summed E-state index contributed by atoms with van der Waals surface area (Å²) in [6.07, 6.45) is 36.0. The number of nitrogens with two attached hydrogens (primary N) is 1. The summed E-state index contributed by atoms with van der Waals surface area (Å²) in [5, 5.41) is 0. The Balaban J connectivity index is 1.98. The second kappa shape index (κ2) is 19.8. The minimum Gasteiger partial charge on any atom is -0.343 e. The topological polar surface area (TPSA) is 46.3 Å². The van der Waals surface area contributed by atoms with Gasteiger partial charge < -0.3 is 10.6 Å². The average Bonchev–Trinajstić information content (AvgIpc) is 2.80. The molecule has 1 aliphatic rings. The van der Waals surface area contributed by atoms with Crippen molar-refractivity contribution in [3.05, 3.63) is 72.9 Å². The van der Waals surface area contributed by atoms with Crippen molar-refractivity contribution in [2.75, 3.05) is 19.6 Å². The first-order chi connectivity index (χ1) is 15.3. The molecule has 172 valence electrons. The summed E-state index contributed by atoms with van der Waals surface area (Å²) in [7, 11) is 0. The molecule has 0 aromatic rings. The zero-order valence-electron chi connectivity index (χ0n) is 19.6. The molecule has 0 saturated carbocycles. The van der Waals surface area contributed by atoms with E-state index in [-0.39, 0.29) is 5.91 Å². The van der Waals surface area contributed by atoms with Crippen LogP contribution in [-0.2, 0) is 4.79 Å².